The molecule has 0 spiro atoms. The molecule has 2 atom stereocenters. The van der Waals surface area contributed by atoms with Crippen LogP contribution in [0, 0.1) is 5.92 Å². The molecule has 1 heterocycles. The van der Waals surface area contributed by atoms with Crippen molar-refractivity contribution in [3.05, 3.63) is 0 Å². The highest BCUT2D eigenvalue weighted by Crippen LogP contribution is 2.14. The summed E-state index contributed by atoms with van der Waals surface area (Å²) < 4.78 is 0. The first kappa shape index (κ1) is 8.49. The highest BCUT2D eigenvalue weighted by atomic mass is 16.3. The average Bonchev–Trinajstić information content (AvgIpc) is 2.03. The number of carbonyl (C=O) groups excluding carboxylic acids is 1. The molecule has 0 radical (unpaired) electrons. The summed E-state index contributed by atoms with van der Waals surface area (Å²) in [7, 11) is 0. The molecule has 1 amide bonds. The van der Waals surface area contributed by atoms with Gasteiger partial charge in [0.1, 0.15) is 0 Å². The van der Waals surface area contributed by atoms with E-state index in [2.05, 4.69) is 5.32 Å². The largest absolute Gasteiger partial charge is 0.395 e. The zero-order chi connectivity index (χ0) is 8.27. The van der Waals surface area contributed by atoms with Crippen LogP contribution >= 0.6 is 0 Å². The van der Waals surface area contributed by atoms with Gasteiger partial charge in [-0.1, -0.05) is 0 Å². The van der Waals surface area contributed by atoms with Crippen LogP contribution in [0.15, 0.2) is 0 Å². The number of amides is 1. The number of aliphatic hydroxyl groups excluding tert-OH is 1. The van der Waals surface area contributed by atoms with Crippen molar-refractivity contribution in [1.82, 2.24) is 5.32 Å². The predicted molar refractivity (Wildman–Crippen MR) is 40.8 cm³/mol. The molecule has 0 aromatic heterocycles. The first-order valence-corrected chi connectivity index (χ1v) is 3.87. The highest BCUT2D eigenvalue weighted by molar-refractivity contribution is 5.76. The van der Waals surface area contributed by atoms with Crippen LogP contribution in [0.4, 0.5) is 0 Å². The molecule has 0 aliphatic carbocycles. The summed E-state index contributed by atoms with van der Waals surface area (Å²) in [6.07, 6.45) is 1.34. The van der Waals surface area contributed by atoms with Crippen molar-refractivity contribution in [2.45, 2.75) is 18.9 Å². The Hall–Kier alpha value is -0.610. The third-order valence-electron chi connectivity index (χ3n) is 2.10. The van der Waals surface area contributed by atoms with Crippen LogP contribution in [-0.4, -0.2) is 30.2 Å². The van der Waals surface area contributed by atoms with Crippen LogP contribution in [0.1, 0.15) is 12.8 Å². The van der Waals surface area contributed by atoms with Crippen LogP contribution in [0.2, 0.25) is 0 Å². The van der Waals surface area contributed by atoms with Gasteiger partial charge >= 0.3 is 0 Å². The topological polar surface area (TPSA) is 75.3 Å². The maximum absolute atomic E-state index is 10.8. The average molecular weight is 158 g/mol. The van der Waals surface area contributed by atoms with Gasteiger partial charge in [0.25, 0.3) is 0 Å². The summed E-state index contributed by atoms with van der Waals surface area (Å²) >= 11 is 0. The Bertz CT molecular complexity index is 149. The van der Waals surface area contributed by atoms with Gasteiger partial charge in [-0.2, -0.15) is 0 Å². The van der Waals surface area contributed by atoms with E-state index in [9.17, 15) is 4.79 Å². The van der Waals surface area contributed by atoms with Gasteiger partial charge in [-0.3, -0.25) is 4.79 Å². The Kier molecular flexibility index (Phi) is 2.84. The van der Waals surface area contributed by atoms with E-state index in [4.69, 9.17) is 10.8 Å². The Morgan fingerprint density at radius 1 is 1.82 bits per heavy atom. The van der Waals surface area contributed by atoms with Gasteiger partial charge < -0.3 is 16.2 Å². The Morgan fingerprint density at radius 2 is 2.55 bits per heavy atom. The zero-order valence-corrected chi connectivity index (χ0v) is 6.42. The molecule has 11 heavy (non-hydrogen) atoms. The highest BCUT2D eigenvalue weighted by Gasteiger charge is 2.23. The maximum atomic E-state index is 10.8. The zero-order valence-electron chi connectivity index (χ0n) is 6.42. The number of aliphatic hydroxyl groups is 1. The summed E-state index contributed by atoms with van der Waals surface area (Å²) in [6, 6.07) is -0.235. The third kappa shape index (κ3) is 2.17. The SMILES string of the molecule is NC(CO)C1CCNC(=O)C1. The first-order chi connectivity index (χ1) is 5.24. The summed E-state index contributed by atoms with van der Waals surface area (Å²) in [4.78, 5) is 10.8. The predicted octanol–water partition coefficient (Wildman–Crippen LogP) is -1.17. The molecule has 4 heteroatoms. The fourth-order valence-corrected chi connectivity index (χ4v) is 1.32. The van der Waals surface area contributed by atoms with Gasteiger partial charge in [-0.05, 0) is 12.3 Å². The molecule has 0 aromatic rings. The molecule has 1 aliphatic rings. The van der Waals surface area contributed by atoms with Gasteiger partial charge in [0.2, 0.25) is 5.91 Å². The van der Waals surface area contributed by atoms with Crippen LogP contribution in [0.3, 0.4) is 0 Å². The van der Waals surface area contributed by atoms with Crippen molar-refractivity contribution in [1.29, 1.82) is 0 Å². The lowest BCUT2D eigenvalue weighted by atomic mass is 9.91. The van der Waals surface area contributed by atoms with E-state index in [0.717, 1.165) is 6.42 Å². The molecule has 4 nitrogen and oxygen atoms in total. The maximum Gasteiger partial charge on any atom is 0.220 e. The molecular weight excluding hydrogens is 144 g/mol. The molecule has 1 saturated heterocycles. The standard InChI is InChI=1S/C7H14N2O2/c8-6(4-10)5-1-2-9-7(11)3-5/h5-6,10H,1-4,8H2,(H,9,11). The Morgan fingerprint density at radius 3 is 3.09 bits per heavy atom. The van der Waals surface area contributed by atoms with E-state index in [-0.39, 0.29) is 24.5 Å². The van der Waals surface area contributed by atoms with E-state index in [1.165, 1.54) is 0 Å². The molecule has 1 fully saturated rings. The minimum absolute atomic E-state index is 0.0298. The van der Waals surface area contributed by atoms with Crippen LogP contribution < -0.4 is 11.1 Å². The molecule has 0 aromatic carbocycles. The van der Waals surface area contributed by atoms with Crippen LogP contribution in [0.5, 0.6) is 0 Å². The molecule has 1 aliphatic heterocycles. The summed E-state index contributed by atoms with van der Waals surface area (Å²) in [6.45, 7) is 0.662. The lowest BCUT2D eigenvalue weighted by Crippen LogP contribution is -2.43. The Labute approximate surface area is 65.8 Å². The number of rotatable bonds is 2. The quantitative estimate of drug-likeness (QED) is 0.474. The van der Waals surface area contributed by atoms with Crippen molar-refractivity contribution in [3.63, 3.8) is 0 Å². The number of piperidine rings is 1. The Balaban J connectivity index is 2.39. The number of hydrogen-bond donors (Lipinski definition) is 3. The van der Waals surface area contributed by atoms with Crippen molar-refractivity contribution in [2.24, 2.45) is 11.7 Å². The van der Waals surface area contributed by atoms with Gasteiger partial charge in [0.15, 0.2) is 0 Å². The van der Waals surface area contributed by atoms with Gasteiger partial charge in [0.05, 0.1) is 6.61 Å². The van der Waals surface area contributed by atoms with E-state index in [1.54, 1.807) is 0 Å². The second-order valence-corrected chi connectivity index (χ2v) is 2.95. The number of hydrogen-bond acceptors (Lipinski definition) is 3. The van der Waals surface area contributed by atoms with E-state index >= 15 is 0 Å². The van der Waals surface area contributed by atoms with E-state index in [0.29, 0.717) is 13.0 Å². The normalized spacial score (nSPS) is 27.8. The first-order valence-electron chi connectivity index (χ1n) is 3.87. The van der Waals surface area contributed by atoms with Crippen molar-refractivity contribution in [2.75, 3.05) is 13.2 Å². The van der Waals surface area contributed by atoms with Gasteiger partial charge in [-0.15, -0.1) is 0 Å². The minimum atomic E-state index is -0.235. The summed E-state index contributed by atoms with van der Waals surface area (Å²) in [5, 5.41) is 11.4. The van der Waals surface area contributed by atoms with Crippen LogP contribution in [-0.2, 0) is 4.79 Å². The lowest BCUT2D eigenvalue weighted by molar-refractivity contribution is -0.123. The van der Waals surface area contributed by atoms with Crippen molar-refractivity contribution < 1.29 is 9.90 Å². The molecule has 0 saturated carbocycles. The summed E-state index contributed by atoms with van der Waals surface area (Å²) in [5.41, 5.74) is 5.58. The third-order valence-corrected chi connectivity index (χ3v) is 2.10. The fourth-order valence-electron chi connectivity index (χ4n) is 1.32. The molecule has 64 valence electrons. The second kappa shape index (κ2) is 3.69. The minimum Gasteiger partial charge on any atom is -0.395 e. The fraction of sp³-hybridized carbons (Fsp3) is 0.857. The second-order valence-electron chi connectivity index (χ2n) is 2.95. The van der Waals surface area contributed by atoms with Crippen molar-refractivity contribution >= 4 is 5.91 Å². The molecule has 4 N–H and O–H groups in total. The summed E-state index contributed by atoms with van der Waals surface area (Å²) in [5.74, 6) is 0.207. The van der Waals surface area contributed by atoms with Gasteiger partial charge in [0, 0.05) is 19.0 Å². The number of nitrogens with two attached hydrogens (primary N) is 1. The number of carbonyl (C=O) groups is 1. The number of nitrogens with one attached hydrogen (secondary N) is 1. The molecular formula is C7H14N2O2. The van der Waals surface area contributed by atoms with Crippen molar-refractivity contribution in [3.8, 4) is 0 Å². The van der Waals surface area contributed by atoms with E-state index < -0.39 is 0 Å². The van der Waals surface area contributed by atoms with Crippen LogP contribution in [0.25, 0.3) is 0 Å². The lowest BCUT2D eigenvalue weighted by Gasteiger charge is -2.25. The smallest absolute Gasteiger partial charge is 0.220 e. The van der Waals surface area contributed by atoms with E-state index in [1.807, 2.05) is 0 Å². The molecule has 1 rings (SSSR count). The van der Waals surface area contributed by atoms with Gasteiger partial charge in [-0.25, -0.2) is 0 Å². The monoisotopic (exact) mass is 158 g/mol. The molecule has 0 bridgehead atoms. The molecule has 2 unspecified atom stereocenters.